The predicted molar refractivity (Wildman–Crippen MR) is 114 cm³/mol. The molecule has 1 saturated heterocycles. The first kappa shape index (κ1) is 20.5. The second kappa shape index (κ2) is 8.82. The maximum atomic E-state index is 12.5. The molecule has 0 atom stereocenters. The first-order valence-corrected chi connectivity index (χ1v) is 10.7. The Kier molecular flexibility index (Phi) is 6.44. The fourth-order valence-electron chi connectivity index (χ4n) is 3.15. The highest BCUT2D eigenvalue weighted by Gasteiger charge is 2.23. The third-order valence-electron chi connectivity index (χ3n) is 4.78. The molecular formula is C21H30N4O2S. The Hall–Kier alpha value is -2.28. The van der Waals surface area contributed by atoms with Crippen molar-refractivity contribution in [2.75, 3.05) is 37.7 Å². The van der Waals surface area contributed by atoms with Crippen molar-refractivity contribution in [3.8, 4) is 5.75 Å². The number of nitrogens with zero attached hydrogens (tertiary/aromatic N) is 3. The molecule has 0 bridgehead atoms. The van der Waals surface area contributed by atoms with Gasteiger partial charge in [0.25, 0.3) is 0 Å². The Labute approximate surface area is 171 Å². The normalized spacial score (nSPS) is 14.9. The third-order valence-corrected chi connectivity index (χ3v) is 5.63. The number of piperazine rings is 1. The van der Waals surface area contributed by atoms with Gasteiger partial charge in [-0.25, -0.2) is 9.78 Å². The number of rotatable bonds is 5. The Balaban J connectivity index is 1.51. The number of thiazole rings is 1. The molecule has 0 saturated carbocycles. The standard InChI is InChI=1S/C21H30N4O2S/c1-5-27-17-9-7-6-8-16(17)24-10-12-25(13-11-24)20(26)22-14-19-23-18(15-28-19)21(2,3)4/h6-9,15H,5,10-14H2,1-4H3,(H,22,26). The molecule has 7 heteroatoms. The monoisotopic (exact) mass is 402 g/mol. The van der Waals surface area contributed by atoms with E-state index in [0.717, 1.165) is 35.2 Å². The maximum Gasteiger partial charge on any atom is 0.317 e. The highest BCUT2D eigenvalue weighted by atomic mass is 32.1. The number of nitrogens with one attached hydrogen (secondary N) is 1. The van der Waals surface area contributed by atoms with Crippen LogP contribution in [-0.2, 0) is 12.0 Å². The molecule has 1 fully saturated rings. The quantitative estimate of drug-likeness (QED) is 0.825. The van der Waals surface area contributed by atoms with E-state index in [9.17, 15) is 4.79 Å². The Morgan fingerprint density at radius 1 is 1.21 bits per heavy atom. The number of anilines is 1. The van der Waals surface area contributed by atoms with Gasteiger partial charge in [0.1, 0.15) is 10.8 Å². The van der Waals surface area contributed by atoms with Gasteiger partial charge in [-0.15, -0.1) is 11.3 Å². The minimum absolute atomic E-state index is 0.0229. The summed E-state index contributed by atoms with van der Waals surface area (Å²) >= 11 is 1.60. The van der Waals surface area contributed by atoms with Crippen LogP contribution in [0, 0.1) is 0 Å². The fourth-order valence-corrected chi connectivity index (χ4v) is 4.11. The molecule has 2 heterocycles. The Bertz CT molecular complexity index is 792. The van der Waals surface area contributed by atoms with Gasteiger partial charge < -0.3 is 19.9 Å². The van der Waals surface area contributed by atoms with Gasteiger partial charge in [-0.3, -0.25) is 0 Å². The molecule has 1 aromatic heterocycles. The number of urea groups is 1. The van der Waals surface area contributed by atoms with Crippen LogP contribution in [0.1, 0.15) is 38.4 Å². The molecule has 1 aromatic carbocycles. The van der Waals surface area contributed by atoms with Crippen LogP contribution in [-0.4, -0.2) is 48.7 Å². The van der Waals surface area contributed by atoms with Crippen molar-refractivity contribution in [2.24, 2.45) is 0 Å². The molecule has 1 aliphatic rings. The zero-order valence-corrected chi connectivity index (χ0v) is 18.0. The van der Waals surface area contributed by atoms with Gasteiger partial charge in [-0.2, -0.15) is 0 Å². The van der Waals surface area contributed by atoms with Gasteiger partial charge in [0.15, 0.2) is 0 Å². The lowest BCUT2D eigenvalue weighted by Crippen LogP contribution is -2.51. The number of carbonyl (C=O) groups excluding carboxylic acids is 1. The first-order chi connectivity index (χ1) is 13.4. The number of carbonyl (C=O) groups is 1. The molecule has 1 aliphatic heterocycles. The van der Waals surface area contributed by atoms with Crippen LogP contribution in [0.4, 0.5) is 10.5 Å². The third kappa shape index (κ3) is 4.95. The van der Waals surface area contributed by atoms with Crippen LogP contribution < -0.4 is 15.0 Å². The number of hydrogen-bond donors (Lipinski definition) is 1. The van der Waals surface area contributed by atoms with E-state index in [1.807, 2.05) is 30.0 Å². The number of benzene rings is 1. The van der Waals surface area contributed by atoms with Crippen molar-refractivity contribution in [2.45, 2.75) is 39.7 Å². The molecule has 0 aliphatic carbocycles. The van der Waals surface area contributed by atoms with E-state index in [-0.39, 0.29) is 11.4 Å². The van der Waals surface area contributed by atoms with Crippen molar-refractivity contribution < 1.29 is 9.53 Å². The van der Waals surface area contributed by atoms with Gasteiger partial charge in [0, 0.05) is 37.0 Å². The van der Waals surface area contributed by atoms with E-state index in [1.54, 1.807) is 11.3 Å². The van der Waals surface area contributed by atoms with Crippen molar-refractivity contribution >= 4 is 23.1 Å². The van der Waals surface area contributed by atoms with E-state index in [4.69, 9.17) is 4.74 Å². The van der Waals surface area contributed by atoms with Crippen LogP contribution in [0.15, 0.2) is 29.6 Å². The SMILES string of the molecule is CCOc1ccccc1N1CCN(C(=O)NCc2nc(C(C)(C)C)cs2)CC1. The van der Waals surface area contributed by atoms with E-state index in [1.165, 1.54) is 0 Å². The summed E-state index contributed by atoms with van der Waals surface area (Å²) in [7, 11) is 0. The van der Waals surface area contributed by atoms with Crippen molar-refractivity contribution in [3.05, 3.63) is 40.3 Å². The van der Waals surface area contributed by atoms with Crippen LogP contribution in [0.2, 0.25) is 0 Å². The summed E-state index contributed by atoms with van der Waals surface area (Å²) in [6.45, 7) is 12.5. The lowest BCUT2D eigenvalue weighted by molar-refractivity contribution is 0.193. The average molecular weight is 403 g/mol. The van der Waals surface area contributed by atoms with Gasteiger partial charge in [0.05, 0.1) is 24.5 Å². The lowest BCUT2D eigenvalue weighted by Gasteiger charge is -2.36. The van der Waals surface area contributed by atoms with E-state index < -0.39 is 0 Å². The Morgan fingerprint density at radius 3 is 2.57 bits per heavy atom. The summed E-state index contributed by atoms with van der Waals surface area (Å²) in [6, 6.07) is 8.07. The molecule has 2 aromatic rings. The number of aromatic nitrogens is 1. The Morgan fingerprint density at radius 2 is 1.93 bits per heavy atom. The first-order valence-electron chi connectivity index (χ1n) is 9.83. The molecular weight excluding hydrogens is 372 g/mol. The molecule has 0 spiro atoms. The number of hydrogen-bond acceptors (Lipinski definition) is 5. The zero-order valence-electron chi connectivity index (χ0n) is 17.2. The number of amides is 2. The highest BCUT2D eigenvalue weighted by Crippen LogP contribution is 2.29. The lowest BCUT2D eigenvalue weighted by atomic mass is 9.93. The summed E-state index contributed by atoms with van der Waals surface area (Å²) in [4.78, 5) is 21.3. The minimum atomic E-state index is -0.0229. The average Bonchev–Trinajstić information content (AvgIpc) is 3.17. The smallest absolute Gasteiger partial charge is 0.317 e. The fraction of sp³-hybridized carbons (Fsp3) is 0.524. The van der Waals surface area contributed by atoms with Crippen LogP contribution in [0.25, 0.3) is 0 Å². The zero-order chi connectivity index (χ0) is 20.1. The second-order valence-electron chi connectivity index (χ2n) is 7.91. The molecule has 1 N–H and O–H groups in total. The second-order valence-corrected chi connectivity index (χ2v) is 8.85. The summed E-state index contributed by atoms with van der Waals surface area (Å²) in [5.41, 5.74) is 2.21. The van der Waals surface area contributed by atoms with E-state index in [0.29, 0.717) is 26.2 Å². The number of ether oxygens (including phenoxy) is 1. The summed E-state index contributed by atoms with van der Waals surface area (Å²) in [6.07, 6.45) is 0. The van der Waals surface area contributed by atoms with Gasteiger partial charge >= 0.3 is 6.03 Å². The molecule has 0 radical (unpaired) electrons. The van der Waals surface area contributed by atoms with Crippen molar-refractivity contribution in [1.82, 2.24) is 15.2 Å². The minimum Gasteiger partial charge on any atom is -0.492 e. The molecule has 152 valence electrons. The molecule has 6 nitrogen and oxygen atoms in total. The van der Waals surface area contributed by atoms with Crippen LogP contribution in [0.5, 0.6) is 5.75 Å². The van der Waals surface area contributed by atoms with Crippen molar-refractivity contribution in [3.63, 3.8) is 0 Å². The predicted octanol–water partition coefficient (Wildman–Crippen LogP) is 3.87. The molecule has 2 amide bonds. The van der Waals surface area contributed by atoms with Crippen LogP contribution >= 0.6 is 11.3 Å². The molecule has 28 heavy (non-hydrogen) atoms. The maximum absolute atomic E-state index is 12.5. The summed E-state index contributed by atoms with van der Waals surface area (Å²) < 4.78 is 5.74. The highest BCUT2D eigenvalue weighted by molar-refractivity contribution is 7.09. The topological polar surface area (TPSA) is 57.7 Å². The van der Waals surface area contributed by atoms with Gasteiger partial charge in [0.2, 0.25) is 0 Å². The number of para-hydroxylation sites is 2. The van der Waals surface area contributed by atoms with Crippen molar-refractivity contribution in [1.29, 1.82) is 0 Å². The van der Waals surface area contributed by atoms with Crippen LogP contribution in [0.3, 0.4) is 0 Å². The largest absolute Gasteiger partial charge is 0.492 e. The van der Waals surface area contributed by atoms with E-state index in [2.05, 4.69) is 47.4 Å². The van der Waals surface area contributed by atoms with E-state index >= 15 is 0 Å². The molecule has 0 unspecified atom stereocenters. The summed E-state index contributed by atoms with van der Waals surface area (Å²) in [5, 5.41) is 6.04. The van der Waals surface area contributed by atoms with Gasteiger partial charge in [-0.1, -0.05) is 32.9 Å². The van der Waals surface area contributed by atoms with Gasteiger partial charge in [-0.05, 0) is 19.1 Å². The summed E-state index contributed by atoms with van der Waals surface area (Å²) in [5.74, 6) is 0.904. The molecule has 3 rings (SSSR count).